The molecule has 1 unspecified atom stereocenters. The minimum Gasteiger partial charge on any atom is -0.480 e. The van der Waals surface area contributed by atoms with Gasteiger partial charge in [-0.15, -0.1) is 0 Å². The molecule has 0 aromatic rings. The van der Waals surface area contributed by atoms with Crippen molar-refractivity contribution in [2.75, 3.05) is 13.2 Å². The number of hydrogen-bond donors (Lipinski definition) is 8. The minimum absolute atomic E-state index is 0.0299. The lowest BCUT2D eigenvalue weighted by molar-refractivity contribution is -0.245. The molecule has 19 nitrogen and oxygen atoms in total. The quantitative estimate of drug-likeness (QED) is 0.0431. The number of carbonyl (C=O) groups is 7. The molecule has 0 saturated carbocycles. The lowest BCUT2D eigenvalue weighted by Gasteiger charge is -2.48. The molecule has 9 atom stereocenters. The maximum absolute atomic E-state index is 13.7. The van der Waals surface area contributed by atoms with E-state index in [2.05, 4.69) is 12.2 Å². The van der Waals surface area contributed by atoms with Crippen LogP contribution in [0, 0.1) is 0 Å². The fourth-order valence-electron chi connectivity index (χ4n) is 7.68. The highest BCUT2D eigenvalue weighted by Crippen LogP contribution is 2.27. The van der Waals surface area contributed by atoms with Crippen molar-refractivity contribution in [3.05, 3.63) is 0 Å². The van der Waals surface area contributed by atoms with E-state index >= 15 is 0 Å². The van der Waals surface area contributed by atoms with E-state index in [1.165, 1.54) is 71.6 Å². The van der Waals surface area contributed by atoms with Crippen LogP contribution >= 0.6 is 0 Å². The van der Waals surface area contributed by atoms with Gasteiger partial charge in [-0.05, 0) is 52.5 Å². The van der Waals surface area contributed by atoms with Gasteiger partial charge >= 0.3 is 11.9 Å². The number of nitrogens with zero attached hydrogens (tertiary/aromatic N) is 2. The van der Waals surface area contributed by atoms with Crippen molar-refractivity contribution >= 4 is 41.5 Å². The number of aliphatic hydroxyl groups excluding tert-OH is 2. The van der Waals surface area contributed by atoms with Gasteiger partial charge in [0.15, 0.2) is 12.3 Å². The Labute approximate surface area is 367 Å². The van der Waals surface area contributed by atoms with Crippen molar-refractivity contribution in [3.63, 3.8) is 0 Å². The van der Waals surface area contributed by atoms with Gasteiger partial charge < -0.3 is 57.3 Å². The molecule has 0 aromatic heterocycles. The molecule has 11 N–H and O–H groups in total. The van der Waals surface area contributed by atoms with Crippen LogP contribution < -0.4 is 22.5 Å². The average molecular weight is 887 g/mol. The van der Waals surface area contributed by atoms with Crippen LogP contribution in [0.5, 0.6) is 0 Å². The first-order valence-corrected chi connectivity index (χ1v) is 22.7. The third-order valence-corrected chi connectivity index (χ3v) is 11.4. The molecule has 19 heteroatoms. The van der Waals surface area contributed by atoms with E-state index < -0.39 is 116 Å². The molecule has 0 aliphatic carbocycles. The standard InChI is InChI=1S/C43H78N6O13/c1-5-6-7-8-9-10-11-12-13-14-15-16-17-18-19-23-34(52)49(32(43(59)60)22-20-21-26-44)35(53)25-24-31(39(46)55)47-40(56)28(2)48(30(4)51)41-36(45)38(61-29(3)42(57)58)37(54)33(27-50)62-41/h28-29,31-33,36-38,41,50,54H,5-27,44-45H2,1-4H3,(H2,46,55)(H,47,56)(H,57,58)(H,59,60)/t28-,29+,31+,32-,33+,36+,37+,38+,41?/m0/s1. The van der Waals surface area contributed by atoms with Gasteiger partial charge in [-0.1, -0.05) is 96.8 Å². The minimum atomic E-state index is -1.61. The van der Waals surface area contributed by atoms with Crippen LogP contribution in [-0.4, -0.2) is 140 Å². The zero-order valence-electron chi connectivity index (χ0n) is 37.5. The Balaban J connectivity index is 2.97. The van der Waals surface area contributed by atoms with Crippen molar-refractivity contribution in [3.8, 4) is 0 Å². The van der Waals surface area contributed by atoms with Crippen LogP contribution in [-0.2, 0) is 43.0 Å². The molecule has 0 bridgehead atoms. The number of rotatable bonds is 34. The van der Waals surface area contributed by atoms with Gasteiger partial charge in [0.1, 0.15) is 36.4 Å². The Morgan fingerprint density at radius 1 is 0.758 bits per heavy atom. The Hall–Kier alpha value is -3.75. The SMILES string of the molecule is CCCCCCCCCCCCCCCCCC(=O)N(C(=O)CC[C@@H](NC(=O)[C@H](C)N(C(C)=O)C1O[C@H](CO)[C@@H](O)[C@H](O[C@H](C)C(=O)O)[C@H]1N)C(N)=O)[C@@H](CCCCN)C(=O)O. The fourth-order valence-corrected chi connectivity index (χ4v) is 7.68. The smallest absolute Gasteiger partial charge is 0.332 e. The van der Waals surface area contributed by atoms with E-state index in [0.29, 0.717) is 19.3 Å². The summed E-state index contributed by atoms with van der Waals surface area (Å²) >= 11 is 0. The zero-order chi connectivity index (χ0) is 46.8. The molecule has 0 radical (unpaired) electrons. The summed E-state index contributed by atoms with van der Waals surface area (Å²) in [6, 6.07) is -5.88. The van der Waals surface area contributed by atoms with Crippen LogP contribution in [0.25, 0.3) is 0 Å². The summed E-state index contributed by atoms with van der Waals surface area (Å²) in [6.45, 7) is 5.25. The first-order valence-electron chi connectivity index (χ1n) is 22.7. The van der Waals surface area contributed by atoms with Crippen molar-refractivity contribution in [1.29, 1.82) is 0 Å². The van der Waals surface area contributed by atoms with E-state index in [1.54, 1.807) is 0 Å². The van der Waals surface area contributed by atoms with Gasteiger partial charge in [0, 0.05) is 19.8 Å². The number of aliphatic carboxylic acids is 2. The monoisotopic (exact) mass is 887 g/mol. The Kier molecular flexibility index (Phi) is 28.3. The molecule has 0 spiro atoms. The van der Waals surface area contributed by atoms with Crippen molar-refractivity contribution in [2.45, 2.75) is 217 Å². The van der Waals surface area contributed by atoms with Crippen LogP contribution in [0.15, 0.2) is 0 Å². The van der Waals surface area contributed by atoms with Crippen LogP contribution in [0.1, 0.15) is 163 Å². The van der Waals surface area contributed by atoms with Gasteiger partial charge in [-0.3, -0.25) is 28.9 Å². The predicted octanol–water partition coefficient (Wildman–Crippen LogP) is 2.44. The maximum atomic E-state index is 13.7. The number of ether oxygens (including phenoxy) is 2. The summed E-state index contributed by atoms with van der Waals surface area (Å²) in [7, 11) is 0. The lowest BCUT2D eigenvalue weighted by Crippen LogP contribution is -2.70. The summed E-state index contributed by atoms with van der Waals surface area (Å²) in [5.41, 5.74) is 17.5. The first kappa shape index (κ1) is 56.3. The number of aliphatic hydroxyl groups is 2. The summed E-state index contributed by atoms with van der Waals surface area (Å²) in [6.07, 6.45) is 9.17. The summed E-state index contributed by atoms with van der Waals surface area (Å²) in [5, 5.41) is 42.5. The molecule has 0 aromatic carbocycles. The molecule has 1 heterocycles. The van der Waals surface area contributed by atoms with Crippen LogP contribution in [0.2, 0.25) is 0 Å². The molecule has 358 valence electrons. The second-order valence-electron chi connectivity index (χ2n) is 16.5. The topological polar surface area (TPSA) is 315 Å². The third-order valence-electron chi connectivity index (χ3n) is 11.4. The van der Waals surface area contributed by atoms with Gasteiger partial charge in [0.05, 0.1) is 12.6 Å². The molecule has 1 fully saturated rings. The lowest BCUT2D eigenvalue weighted by atomic mass is 9.94. The summed E-state index contributed by atoms with van der Waals surface area (Å²) in [5.74, 6) is -7.07. The van der Waals surface area contributed by atoms with Crippen molar-refractivity contribution in [1.82, 2.24) is 15.1 Å². The number of imide groups is 1. The third kappa shape index (κ3) is 19.7. The number of hydrogen-bond acceptors (Lipinski definition) is 13. The average Bonchev–Trinajstić information content (AvgIpc) is 3.22. The number of primary amides is 1. The number of amides is 5. The normalized spacial score (nSPS) is 20.7. The molecular formula is C43H78N6O13. The van der Waals surface area contributed by atoms with Crippen LogP contribution in [0.4, 0.5) is 0 Å². The van der Waals surface area contributed by atoms with Crippen molar-refractivity contribution < 1.29 is 63.5 Å². The molecule has 1 aliphatic heterocycles. The summed E-state index contributed by atoms with van der Waals surface area (Å²) < 4.78 is 11.2. The highest BCUT2D eigenvalue weighted by molar-refractivity contribution is 5.99. The molecular weight excluding hydrogens is 809 g/mol. The highest BCUT2D eigenvalue weighted by Gasteiger charge is 2.49. The molecule has 5 amide bonds. The highest BCUT2D eigenvalue weighted by atomic mass is 16.6. The zero-order valence-corrected chi connectivity index (χ0v) is 37.5. The number of unbranched alkanes of at least 4 members (excludes halogenated alkanes) is 15. The largest absolute Gasteiger partial charge is 0.480 e. The maximum Gasteiger partial charge on any atom is 0.332 e. The fraction of sp³-hybridized carbons (Fsp3) is 0.837. The van der Waals surface area contributed by atoms with E-state index in [9.17, 15) is 54.0 Å². The molecule has 1 saturated heterocycles. The number of nitrogens with one attached hydrogen (secondary N) is 1. The van der Waals surface area contributed by atoms with E-state index in [0.717, 1.165) is 48.8 Å². The number of carboxylic acid groups (broad SMARTS) is 2. The van der Waals surface area contributed by atoms with Crippen molar-refractivity contribution in [2.24, 2.45) is 17.2 Å². The predicted molar refractivity (Wildman–Crippen MR) is 230 cm³/mol. The second kappa shape index (κ2) is 31.2. The Morgan fingerprint density at radius 2 is 1.27 bits per heavy atom. The number of carboxylic acids is 2. The Bertz CT molecular complexity index is 1390. The van der Waals surface area contributed by atoms with Gasteiger partial charge in [-0.2, -0.15) is 0 Å². The Morgan fingerprint density at radius 3 is 1.73 bits per heavy atom. The molecule has 62 heavy (non-hydrogen) atoms. The van der Waals surface area contributed by atoms with Gasteiger partial charge in [0.2, 0.25) is 29.5 Å². The van der Waals surface area contributed by atoms with Gasteiger partial charge in [-0.25, -0.2) is 9.59 Å². The molecule has 1 aliphatic rings. The molecule has 1 rings (SSSR count). The van der Waals surface area contributed by atoms with Crippen LogP contribution in [0.3, 0.4) is 0 Å². The van der Waals surface area contributed by atoms with E-state index in [-0.39, 0.29) is 19.4 Å². The van der Waals surface area contributed by atoms with E-state index in [4.69, 9.17) is 26.7 Å². The second-order valence-corrected chi connectivity index (χ2v) is 16.5. The van der Waals surface area contributed by atoms with E-state index in [1.807, 2.05) is 0 Å². The number of nitrogens with two attached hydrogens (primary N) is 3. The number of carbonyl (C=O) groups excluding carboxylic acids is 5. The van der Waals surface area contributed by atoms with Gasteiger partial charge in [0.25, 0.3) is 0 Å². The summed E-state index contributed by atoms with van der Waals surface area (Å²) in [4.78, 5) is 92.0. The first-order chi connectivity index (χ1) is 29.4.